The molecule has 2 aromatic rings. The molecule has 0 bridgehead atoms. The van der Waals surface area contributed by atoms with E-state index in [0.717, 1.165) is 12.1 Å². The van der Waals surface area contributed by atoms with E-state index in [-0.39, 0.29) is 11.6 Å². The van der Waals surface area contributed by atoms with Crippen LogP contribution in [-0.4, -0.2) is 17.9 Å². The molecule has 0 aliphatic carbocycles. The monoisotopic (exact) mass is 289 g/mol. The van der Waals surface area contributed by atoms with Crippen LogP contribution in [0.3, 0.4) is 0 Å². The molecule has 2 N–H and O–H groups in total. The zero-order valence-electron chi connectivity index (χ0n) is 11.4. The van der Waals surface area contributed by atoms with Crippen LogP contribution in [-0.2, 0) is 6.42 Å². The van der Waals surface area contributed by atoms with E-state index >= 15 is 0 Å². The summed E-state index contributed by atoms with van der Waals surface area (Å²) in [5.41, 5.74) is 2.15. The van der Waals surface area contributed by atoms with Crippen LogP contribution in [0.25, 0.3) is 0 Å². The maximum atomic E-state index is 12.2. The lowest BCUT2D eigenvalue weighted by molar-refractivity contribution is 0.102. The highest BCUT2D eigenvalue weighted by Crippen LogP contribution is 2.18. The highest BCUT2D eigenvalue weighted by molar-refractivity contribution is 6.34. The van der Waals surface area contributed by atoms with Crippen molar-refractivity contribution in [1.82, 2.24) is 4.98 Å². The number of halogens is 1. The fourth-order valence-electron chi connectivity index (χ4n) is 1.75. The third kappa shape index (κ3) is 3.27. The number of nitrogens with one attached hydrogen (secondary N) is 2. The van der Waals surface area contributed by atoms with Gasteiger partial charge in [0, 0.05) is 12.7 Å². The lowest BCUT2D eigenvalue weighted by Gasteiger charge is -2.08. The van der Waals surface area contributed by atoms with Crippen LogP contribution in [0, 0.1) is 0 Å². The topological polar surface area (TPSA) is 54.0 Å². The van der Waals surface area contributed by atoms with Gasteiger partial charge >= 0.3 is 0 Å². The third-order valence-corrected chi connectivity index (χ3v) is 3.24. The summed E-state index contributed by atoms with van der Waals surface area (Å²) in [5.74, 6) is 0.275. The van der Waals surface area contributed by atoms with Crippen molar-refractivity contribution in [2.24, 2.45) is 0 Å². The summed E-state index contributed by atoms with van der Waals surface area (Å²) < 4.78 is 0. The van der Waals surface area contributed by atoms with E-state index < -0.39 is 0 Å². The van der Waals surface area contributed by atoms with Crippen molar-refractivity contribution in [3.05, 3.63) is 52.7 Å². The maximum Gasteiger partial charge on any atom is 0.275 e. The number of nitrogens with zero attached hydrogens (tertiary/aromatic N) is 1. The van der Waals surface area contributed by atoms with Crippen molar-refractivity contribution >= 4 is 29.0 Å². The molecule has 0 saturated carbocycles. The lowest BCUT2D eigenvalue weighted by Crippen LogP contribution is -2.15. The van der Waals surface area contributed by atoms with Crippen LogP contribution >= 0.6 is 11.6 Å². The molecule has 1 aromatic heterocycles. The fourth-order valence-corrected chi connectivity index (χ4v) is 1.95. The highest BCUT2D eigenvalue weighted by atomic mass is 35.5. The van der Waals surface area contributed by atoms with Gasteiger partial charge in [-0.2, -0.15) is 0 Å². The third-order valence-electron chi connectivity index (χ3n) is 2.94. The van der Waals surface area contributed by atoms with Crippen molar-refractivity contribution < 1.29 is 4.79 Å². The van der Waals surface area contributed by atoms with Crippen molar-refractivity contribution in [3.63, 3.8) is 0 Å². The molecule has 104 valence electrons. The van der Waals surface area contributed by atoms with Crippen LogP contribution in [0.1, 0.15) is 23.0 Å². The SMILES string of the molecule is CCc1ccc(NC(=O)c2nc(NC)ccc2Cl)cc1. The van der Waals surface area contributed by atoms with Crippen LogP contribution < -0.4 is 10.6 Å². The van der Waals surface area contributed by atoms with E-state index in [4.69, 9.17) is 11.6 Å². The number of hydrogen-bond acceptors (Lipinski definition) is 3. The van der Waals surface area contributed by atoms with E-state index in [1.807, 2.05) is 24.3 Å². The summed E-state index contributed by atoms with van der Waals surface area (Å²) in [5, 5.41) is 5.99. The summed E-state index contributed by atoms with van der Waals surface area (Å²) in [7, 11) is 1.74. The average Bonchev–Trinajstić information content (AvgIpc) is 2.48. The number of anilines is 2. The molecule has 0 atom stereocenters. The molecule has 0 aliphatic rings. The first-order valence-corrected chi connectivity index (χ1v) is 6.76. The van der Waals surface area contributed by atoms with Gasteiger partial charge in [0.1, 0.15) is 11.5 Å². The van der Waals surface area contributed by atoms with Gasteiger partial charge in [-0.05, 0) is 36.2 Å². The smallest absolute Gasteiger partial charge is 0.275 e. The zero-order chi connectivity index (χ0) is 14.5. The first-order valence-electron chi connectivity index (χ1n) is 6.38. The van der Waals surface area contributed by atoms with E-state index in [2.05, 4.69) is 22.5 Å². The Labute approximate surface area is 123 Å². The van der Waals surface area contributed by atoms with Gasteiger partial charge in [-0.15, -0.1) is 0 Å². The Morgan fingerprint density at radius 2 is 1.90 bits per heavy atom. The lowest BCUT2D eigenvalue weighted by atomic mass is 10.1. The van der Waals surface area contributed by atoms with Gasteiger partial charge in [0.2, 0.25) is 0 Å². The quantitative estimate of drug-likeness (QED) is 0.904. The van der Waals surface area contributed by atoms with Crippen molar-refractivity contribution in [2.75, 3.05) is 17.7 Å². The van der Waals surface area contributed by atoms with Gasteiger partial charge in [0.05, 0.1) is 5.02 Å². The molecule has 5 heteroatoms. The second kappa shape index (κ2) is 6.39. The zero-order valence-corrected chi connectivity index (χ0v) is 12.2. The summed E-state index contributed by atoms with van der Waals surface area (Å²) in [6.07, 6.45) is 0.964. The Morgan fingerprint density at radius 1 is 1.20 bits per heavy atom. The van der Waals surface area contributed by atoms with Gasteiger partial charge in [-0.25, -0.2) is 4.98 Å². The Bertz CT molecular complexity index is 611. The van der Waals surface area contributed by atoms with Crippen molar-refractivity contribution in [2.45, 2.75) is 13.3 Å². The molecule has 0 spiro atoms. The summed E-state index contributed by atoms with van der Waals surface area (Å²) in [4.78, 5) is 16.3. The molecule has 0 radical (unpaired) electrons. The molecule has 0 saturated heterocycles. The Balaban J connectivity index is 2.18. The van der Waals surface area contributed by atoms with Gasteiger partial charge in [0.25, 0.3) is 5.91 Å². The van der Waals surface area contributed by atoms with Crippen molar-refractivity contribution in [3.8, 4) is 0 Å². The molecule has 0 unspecified atom stereocenters. The Morgan fingerprint density at radius 3 is 2.50 bits per heavy atom. The predicted molar refractivity (Wildman–Crippen MR) is 82.6 cm³/mol. The number of pyridine rings is 1. The second-order valence-electron chi connectivity index (χ2n) is 4.28. The molecule has 1 aromatic carbocycles. The standard InChI is InChI=1S/C15H16ClN3O/c1-3-10-4-6-11(7-5-10)18-15(20)14-12(16)8-9-13(17-2)19-14/h4-9H,3H2,1-2H3,(H,17,19)(H,18,20). The highest BCUT2D eigenvalue weighted by Gasteiger charge is 2.13. The number of rotatable bonds is 4. The summed E-state index contributed by atoms with van der Waals surface area (Å²) in [6.45, 7) is 2.08. The first kappa shape index (κ1) is 14.3. The molecular formula is C15H16ClN3O. The van der Waals surface area contributed by atoms with Gasteiger partial charge in [-0.1, -0.05) is 30.7 Å². The maximum absolute atomic E-state index is 12.2. The minimum absolute atomic E-state index is 0.207. The molecule has 2 rings (SSSR count). The summed E-state index contributed by atoms with van der Waals surface area (Å²) >= 11 is 6.01. The first-order chi connectivity index (χ1) is 9.63. The Kier molecular flexibility index (Phi) is 4.58. The molecule has 4 nitrogen and oxygen atoms in total. The molecule has 1 amide bonds. The number of aromatic nitrogens is 1. The van der Waals surface area contributed by atoms with Gasteiger partial charge in [-0.3, -0.25) is 4.79 Å². The average molecular weight is 290 g/mol. The van der Waals surface area contributed by atoms with Gasteiger partial charge < -0.3 is 10.6 Å². The number of hydrogen-bond donors (Lipinski definition) is 2. The second-order valence-corrected chi connectivity index (χ2v) is 4.69. The molecule has 0 fully saturated rings. The molecule has 1 heterocycles. The van der Waals surface area contributed by atoms with Crippen molar-refractivity contribution in [1.29, 1.82) is 0 Å². The number of benzene rings is 1. The minimum atomic E-state index is -0.323. The normalized spacial score (nSPS) is 10.2. The van der Waals surface area contributed by atoms with Crippen LogP contribution in [0.4, 0.5) is 11.5 Å². The van der Waals surface area contributed by atoms with Gasteiger partial charge in [0.15, 0.2) is 0 Å². The van der Waals surface area contributed by atoms with E-state index in [1.54, 1.807) is 19.2 Å². The largest absolute Gasteiger partial charge is 0.373 e. The fraction of sp³-hybridized carbons (Fsp3) is 0.200. The number of aryl methyl sites for hydroxylation is 1. The predicted octanol–water partition coefficient (Wildman–Crippen LogP) is 3.59. The number of amides is 1. The van der Waals surface area contributed by atoms with Crippen LogP contribution in [0.15, 0.2) is 36.4 Å². The molecular weight excluding hydrogens is 274 g/mol. The number of carbonyl (C=O) groups is 1. The van der Waals surface area contributed by atoms with Crippen LogP contribution in [0.2, 0.25) is 5.02 Å². The number of carbonyl (C=O) groups excluding carboxylic acids is 1. The Hall–Kier alpha value is -2.07. The molecule has 0 aliphatic heterocycles. The molecule has 20 heavy (non-hydrogen) atoms. The van der Waals surface area contributed by atoms with E-state index in [1.165, 1.54) is 5.56 Å². The summed E-state index contributed by atoms with van der Waals surface area (Å²) in [6, 6.07) is 11.1. The minimum Gasteiger partial charge on any atom is -0.373 e. The van der Waals surface area contributed by atoms with E-state index in [0.29, 0.717) is 10.8 Å². The van der Waals surface area contributed by atoms with Crippen LogP contribution in [0.5, 0.6) is 0 Å². The van der Waals surface area contributed by atoms with E-state index in [9.17, 15) is 4.79 Å².